The fourth-order valence-electron chi connectivity index (χ4n) is 4.42. The molecule has 2 aliphatic heterocycles. The minimum absolute atomic E-state index is 0.0751. The molecular weight excluding hydrogens is 412 g/mol. The molecule has 2 aliphatic rings. The first kappa shape index (κ1) is 23.7. The number of primary amides is 1. The number of benzene rings is 1. The Balaban J connectivity index is 1.49. The molecule has 0 saturated carbocycles. The zero-order valence-electron chi connectivity index (χ0n) is 18.5. The maximum absolute atomic E-state index is 12.4. The van der Waals surface area contributed by atoms with Gasteiger partial charge in [0.2, 0.25) is 17.7 Å². The van der Waals surface area contributed by atoms with Gasteiger partial charge in [0.15, 0.2) is 0 Å². The first-order valence-corrected chi connectivity index (χ1v) is 11.1. The van der Waals surface area contributed by atoms with Crippen molar-refractivity contribution in [3.05, 3.63) is 35.4 Å². The van der Waals surface area contributed by atoms with E-state index in [9.17, 15) is 19.2 Å². The topological polar surface area (TPSA) is 122 Å². The summed E-state index contributed by atoms with van der Waals surface area (Å²) in [7, 11) is 1.26. The van der Waals surface area contributed by atoms with Crippen molar-refractivity contribution in [3.63, 3.8) is 0 Å². The van der Waals surface area contributed by atoms with Gasteiger partial charge >= 0.3 is 5.97 Å². The SMILES string of the molecule is COC(=O)C1CCCN(CC(=O)NCc2cccc(CN3CCCC(C(N)=O)C3)c2)C1=O. The van der Waals surface area contributed by atoms with Crippen molar-refractivity contribution in [2.75, 3.05) is 33.3 Å². The average molecular weight is 445 g/mol. The van der Waals surface area contributed by atoms with E-state index in [0.29, 0.717) is 32.5 Å². The van der Waals surface area contributed by atoms with Crippen molar-refractivity contribution >= 4 is 23.7 Å². The summed E-state index contributed by atoms with van der Waals surface area (Å²) >= 11 is 0. The molecule has 32 heavy (non-hydrogen) atoms. The van der Waals surface area contributed by atoms with Crippen molar-refractivity contribution in [1.82, 2.24) is 15.1 Å². The highest BCUT2D eigenvalue weighted by atomic mass is 16.5. The quantitative estimate of drug-likeness (QED) is 0.442. The molecule has 3 N–H and O–H groups in total. The second kappa shape index (κ2) is 11.1. The van der Waals surface area contributed by atoms with Gasteiger partial charge in [-0.3, -0.25) is 24.1 Å². The zero-order valence-corrected chi connectivity index (χ0v) is 18.5. The number of amides is 3. The molecule has 0 aliphatic carbocycles. The van der Waals surface area contributed by atoms with Gasteiger partial charge in [0, 0.05) is 26.2 Å². The van der Waals surface area contributed by atoms with E-state index in [-0.39, 0.29) is 30.2 Å². The van der Waals surface area contributed by atoms with Crippen molar-refractivity contribution in [3.8, 4) is 0 Å². The summed E-state index contributed by atoms with van der Waals surface area (Å²) in [6.45, 7) is 3.06. The molecule has 2 saturated heterocycles. The van der Waals surface area contributed by atoms with Crippen LogP contribution in [0.2, 0.25) is 0 Å². The molecular formula is C23H32N4O5. The first-order valence-electron chi connectivity index (χ1n) is 11.1. The molecule has 2 atom stereocenters. The van der Waals surface area contributed by atoms with Gasteiger partial charge in [-0.1, -0.05) is 24.3 Å². The minimum atomic E-state index is -0.817. The number of nitrogens with one attached hydrogen (secondary N) is 1. The van der Waals surface area contributed by atoms with Crippen LogP contribution in [-0.4, -0.2) is 66.8 Å². The van der Waals surface area contributed by atoms with Crippen molar-refractivity contribution in [2.24, 2.45) is 17.6 Å². The van der Waals surface area contributed by atoms with E-state index in [1.54, 1.807) is 0 Å². The maximum atomic E-state index is 12.4. The van der Waals surface area contributed by atoms with Gasteiger partial charge in [-0.15, -0.1) is 0 Å². The third-order valence-electron chi connectivity index (χ3n) is 6.15. The number of hydrogen-bond donors (Lipinski definition) is 2. The predicted molar refractivity (Wildman–Crippen MR) is 117 cm³/mol. The maximum Gasteiger partial charge on any atom is 0.318 e. The van der Waals surface area contributed by atoms with Gasteiger partial charge in [0.25, 0.3) is 0 Å². The fraction of sp³-hybridized carbons (Fsp3) is 0.565. The lowest BCUT2D eigenvalue weighted by molar-refractivity contribution is -0.157. The fourth-order valence-corrected chi connectivity index (χ4v) is 4.42. The summed E-state index contributed by atoms with van der Waals surface area (Å²) in [5.41, 5.74) is 7.53. The van der Waals surface area contributed by atoms with Crippen molar-refractivity contribution in [1.29, 1.82) is 0 Å². The molecule has 2 heterocycles. The zero-order chi connectivity index (χ0) is 23.1. The van der Waals surface area contributed by atoms with Crippen LogP contribution >= 0.6 is 0 Å². The van der Waals surface area contributed by atoms with Crippen LogP contribution in [0.4, 0.5) is 0 Å². The Morgan fingerprint density at radius 1 is 1.16 bits per heavy atom. The molecule has 174 valence electrons. The first-order chi connectivity index (χ1) is 15.4. The highest BCUT2D eigenvalue weighted by Gasteiger charge is 2.35. The molecule has 3 rings (SSSR count). The van der Waals surface area contributed by atoms with E-state index in [2.05, 4.69) is 15.0 Å². The minimum Gasteiger partial charge on any atom is -0.468 e. The second-order valence-corrected chi connectivity index (χ2v) is 8.55. The third kappa shape index (κ3) is 6.29. The number of rotatable bonds is 8. The van der Waals surface area contributed by atoms with Gasteiger partial charge in [-0.25, -0.2) is 0 Å². The molecule has 0 radical (unpaired) electrons. The van der Waals surface area contributed by atoms with Gasteiger partial charge in [0.05, 0.1) is 19.6 Å². The Morgan fingerprint density at radius 3 is 2.66 bits per heavy atom. The summed E-state index contributed by atoms with van der Waals surface area (Å²) in [6, 6.07) is 7.94. The largest absolute Gasteiger partial charge is 0.468 e. The monoisotopic (exact) mass is 444 g/mol. The number of ether oxygens (including phenoxy) is 1. The highest BCUT2D eigenvalue weighted by Crippen LogP contribution is 2.20. The number of methoxy groups -OCH3 is 1. The Bertz CT molecular complexity index is 859. The van der Waals surface area contributed by atoms with E-state index in [0.717, 1.165) is 37.1 Å². The van der Waals surface area contributed by atoms with Crippen LogP contribution in [0.5, 0.6) is 0 Å². The van der Waals surface area contributed by atoms with E-state index in [1.165, 1.54) is 12.0 Å². The molecule has 1 aromatic rings. The van der Waals surface area contributed by atoms with Crippen LogP contribution < -0.4 is 11.1 Å². The van der Waals surface area contributed by atoms with E-state index in [1.807, 2.05) is 24.3 Å². The van der Waals surface area contributed by atoms with Crippen molar-refractivity contribution < 1.29 is 23.9 Å². The number of nitrogens with zero attached hydrogens (tertiary/aromatic N) is 2. The molecule has 0 spiro atoms. The lowest BCUT2D eigenvalue weighted by Gasteiger charge is -2.31. The van der Waals surface area contributed by atoms with Crippen LogP contribution in [0.25, 0.3) is 0 Å². The molecule has 0 bridgehead atoms. The average Bonchev–Trinajstić information content (AvgIpc) is 2.79. The number of piperidine rings is 2. The summed E-state index contributed by atoms with van der Waals surface area (Å²) < 4.78 is 4.69. The van der Waals surface area contributed by atoms with Gasteiger partial charge in [-0.2, -0.15) is 0 Å². The lowest BCUT2D eigenvalue weighted by atomic mass is 9.97. The standard InChI is InChI=1S/C23H32N4O5/c1-32-23(31)19-8-4-10-27(22(19)30)15-20(28)25-12-16-5-2-6-17(11-16)13-26-9-3-7-18(14-26)21(24)29/h2,5-6,11,18-19H,3-4,7-10,12-15H2,1H3,(H2,24,29)(H,25,28). The molecule has 9 nitrogen and oxygen atoms in total. The Labute approximate surface area is 188 Å². The van der Waals surface area contributed by atoms with Crippen LogP contribution in [0.3, 0.4) is 0 Å². The second-order valence-electron chi connectivity index (χ2n) is 8.55. The molecule has 1 aromatic carbocycles. The van der Waals surface area contributed by atoms with Gasteiger partial charge in [0.1, 0.15) is 5.92 Å². The smallest absolute Gasteiger partial charge is 0.318 e. The Kier molecular flexibility index (Phi) is 8.21. The Hall–Kier alpha value is -2.94. The number of carbonyl (C=O) groups is 4. The molecule has 0 aromatic heterocycles. The summed E-state index contributed by atoms with van der Waals surface area (Å²) in [5.74, 6) is -2.32. The Morgan fingerprint density at radius 2 is 1.91 bits per heavy atom. The van der Waals surface area contributed by atoms with Gasteiger partial charge < -0.3 is 20.7 Å². The summed E-state index contributed by atoms with van der Waals surface area (Å²) in [5, 5.41) is 2.85. The van der Waals surface area contributed by atoms with E-state index in [4.69, 9.17) is 5.73 Å². The molecule has 9 heteroatoms. The lowest BCUT2D eigenvalue weighted by Crippen LogP contribution is -2.48. The van der Waals surface area contributed by atoms with E-state index >= 15 is 0 Å². The van der Waals surface area contributed by atoms with E-state index < -0.39 is 11.9 Å². The molecule has 2 unspecified atom stereocenters. The number of carbonyl (C=O) groups excluding carboxylic acids is 4. The molecule has 2 fully saturated rings. The predicted octanol–water partition coefficient (Wildman–Crippen LogP) is 0.412. The number of hydrogen-bond acceptors (Lipinski definition) is 6. The third-order valence-corrected chi connectivity index (χ3v) is 6.15. The number of esters is 1. The van der Waals surface area contributed by atoms with Crippen LogP contribution in [0.1, 0.15) is 36.8 Å². The van der Waals surface area contributed by atoms with Gasteiger partial charge in [-0.05, 0) is 43.4 Å². The summed E-state index contributed by atoms with van der Waals surface area (Å²) in [4.78, 5) is 51.7. The number of likely N-dealkylation sites (tertiary alicyclic amines) is 2. The van der Waals surface area contributed by atoms with Crippen molar-refractivity contribution in [2.45, 2.75) is 38.8 Å². The van der Waals surface area contributed by atoms with Crippen LogP contribution in [0.15, 0.2) is 24.3 Å². The normalized spacial score (nSPS) is 21.8. The van der Waals surface area contributed by atoms with Crippen LogP contribution in [0, 0.1) is 11.8 Å². The van der Waals surface area contributed by atoms with Crippen LogP contribution in [-0.2, 0) is 37.0 Å². The molecule has 3 amide bonds. The number of nitrogens with two attached hydrogens (primary N) is 1. The summed E-state index contributed by atoms with van der Waals surface area (Å²) in [6.07, 6.45) is 2.91. The highest BCUT2D eigenvalue weighted by molar-refractivity contribution is 5.99.